The fraction of sp³-hybridized carbons (Fsp3) is 0.375. The molecule has 0 amide bonds. The summed E-state index contributed by atoms with van der Waals surface area (Å²) >= 11 is 0. The normalized spacial score (nSPS) is 30.0. The molecule has 0 saturated heterocycles. The van der Waals surface area contributed by atoms with Crippen molar-refractivity contribution in [3.05, 3.63) is 46.6 Å². The summed E-state index contributed by atoms with van der Waals surface area (Å²) in [5, 5.41) is 0. The predicted molar refractivity (Wildman–Crippen MR) is 90.3 cm³/mol. The fourth-order valence-electron chi connectivity index (χ4n) is 4.94. The van der Waals surface area contributed by atoms with Crippen LogP contribution in [0.1, 0.15) is 58.8 Å². The SMILES string of the molecule is O=P(O)(O)Oc1c2c(c(OP(=O)(O)O)c3c1[C@H]1C=C[C@@H]3C1)[C@H]1C=C[C@@H]2C1. The van der Waals surface area contributed by atoms with E-state index < -0.39 is 15.6 Å². The van der Waals surface area contributed by atoms with Gasteiger partial charge < -0.3 is 9.05 Å². The van der Waals surface area contributed by atoms with Gasteiger partial charge in [-0.15, -0.1) is 0 Å². The topological polar surface area (TPSA) is 134 Å². The Labute approximate surface area is 148 Å². The first-order valence-corrected chi connectivity index (χ1v) is 11.3. The van der Waals surface area contributed by atoms with E-state index in [1.54, 1.807) is 0 Å². The molecule has 8 nitrogen and oxygen atoms in total. The quantitative estimate of drug-likeness (QED) is 0.449. The van der Waals surface area contributed by atoms with Crippen LogP contribution < -0.4 is 9.05 Å². The molecule has 1 aromatic rings. The van der Waals surface area contributed by atoms with Crippen molar-refractivity contribution in [2.45, 2.75) is 36.5 Å². The zero-order chi connectivity index (χ0) is 18.4. The van der Waals surface area contributed by atoms with Gasteiger partial charge in [0.15, 0.2) is 0 Å². The van der Waals surface area contributed by atoms with Crippen LogP contribution in [0, 0.1) is 0 Å². The minimum absolute atomic E-state index is 0.107. The van der Waals surface area contributed by atoms with Crippen LogP contribution >= 0.6 is 15.6 Å². The standard InChI is InChI=1S/C16H16O8P2/c17-25(18,19)23-15-11-7-1-2-8(5-7)12(11)16(24-26(20,21)22)14-10-4-3-9(6-10)13(14)15/h1-4,7-10H,5-6H2,(H2,17,18,19)(H2,20,21,22)/t7-,8+,9+,10-. The molecule has 0 heterocycles. The third-order valence-electron chi connectivity index (χ3n) is 5.63. The number of phosphoric acid groups is 2. The number of allylic oxidation sites excluding steroid dienone is 4. The van der Waals surface area contributed by atoms with E-state index in [1.165, 1.54) is 0 Å². The smallest absolute Gasteiger partial charge is 0.404 e. The van der Waals surface area contributed by atoms with Gasteiger partial charge in [0, 0.05) is 45.9 Å². The largest absolute Gasteiger partial charge is 0.524 e. The third-order valence-corrected chi connectivity index (χ3v) is 6.47. The fourth-order valence-corrected chi connectivity index (χ4v) is 5.81. The molecule has 4 atom stereocenters. The number of phosphoric ester groups is 2. The van der Waals surface area contributed by atoms with Crippen molar-refractivity contribution in [3.63, 3.8) is 0 Å². The first-order chi connectivity index (χ1) is 12.1. The molecule has 1 aromatic carbocycles. The Bertz CT molecular complexity index is 856. The zero-order valence-corrected chi connectivity index (χ0v) is 15.1. The van der Waals surface area contributed by atoms with Crippen molar-refractivity contribution in [2.75, 3.05) is 0 Å². The summed E-state index contributed by atoms with van der Waals surface area (Å²) in [5.74, 6) is -0.105. The van der Waals surface area contributed by atoms with E-state index in [0.717, 1.165) is 0 Å². The molecular formula is C16H16O8P2. The number of hydrogen-bond acceptors (Lipinski definition) is 4. The Balaban J connectivity index is 1.82. The van der Waals surface area contributed by atoms with Gasteiger partial charge in [-0.25, -0.2) is 9.13 Å². The van der Waals surface area contributed by atoms with Crippen LogP contribution in [-0.4, -0.2) is 19.6 Å². The molecule has 26 heavy (non-hydrogen) atoms. The average molecular weight is 398 g/mol. The molecule has 0 aliphatic heterocycles. The van der Waals surface area contributed by atoms with E-state index in [-0.39, 0.29) is 35.2 Å². The van der Waals surface area contributed by atoms with Gasteiger partial charge in [-0.3, -0.25) is 19.6 Å². The zero-order valence-electron chi connectivity index (χ0n) is 13.3. The van der Waals surface area contributed by atoms with Gasteiger partial charge >= 0.3 is 15.6 Å². The van der Waals surface area contributed by atoms with Gasteiger partial charge in [0.1, 0.15) is 11.5 Å². The molecule has 0 aromatic heterocycles. The van der Waals surface area contributed by atoms with Gasteiger partial charge in [0.2, 0.25) is 0 Å². The minimum atomic E-state index is -4.79. The summed E-state index contributed by atoms with van der Waals surface area (Å²) in [6.07, 6.45) is 9.12. The van der Waals surface area contributed by atoms with Crippen molar-refractivity contribution < 1.29 is 37.8 Å². The van der Waals surface area contributed by atoms with E-state index in [9.17, 15) is 28.7 Å². The van der Waals surface area contributed by atoms with Crippen molar-refractivity contribution in [2.24, 2.45) is 0 Å². The highest BCUT2D eigenvalue weighted by atomic mass is 31.2. The first kappa shape index (κ1) is 16.8. The van der Waals surface area contributed by atoms with Crippen LogP contribution in [0.4, 0.5) is 0 Å². The minimum Gasteiger partial charge on any atom is -0.404 e. The van der Waals surface area contributed by atoms with Crippen molar-refractivity contribution >= 4 is 15.6 Å². The molecule has 10 heteroatoms. The summed E-state index contributed by atoms with van der Waals surface area (Å²) in [6, 6.07) is 0. The van der Waals surface area contributed by atoms with Crippen LogP contribution in [0.2, 0.25) is 0 Å². The van der Waals surface area contributed by atoms with Crippen molar-refractivity contribution in [1.82, 2.24) is 0 Å². The molecule has 4 aliphatic carbocycles. The monoisotopic (exact) mass is 398 g/mol. The molecule has 4 bridgehead atoms. The second kappa shape index (κ2) is 5.10. The second-order valence-electron chi connectivity index (χ2n) is 7.14. The highest BCUT2D eigenvalue weighted by Gasteiger charge is 2.48. The average Bonchev–Trinajstić information content (AvgIpc) is 3.25. The Morgan fingerprint density at radius 1 is 0.654 bits per heavy atom. The van der Waals surface area contributed by atoms with Gasteiger partial charge in [-0.2, -0.15) is 0 Å². The van der Waals surface area contributed by atoms with E-state index in [4.69, 9.17) is 9.05 Å². The third kappa shape index (κ3) is 2.38. The molecule has 4 N–H and O–H groups in total. The summed E-state index contributed by atoms with van der Waals surface area (Å²) < 4.78 is 33.5. The highest BCUT2D eigenvalue weighted by Crippen LogP contribution is 2.66. The van der Waals surface area contributed by atoms with Crippen LogP contribution in [0.25, 0.3) is 0 Å². The lowest BCUT2D eigenvalue weighted by Crippen LogP contribution is -2.10. The molecule has 0 saturated carbocycles. The molecule has 4 aliphatic rings. The number of fused-ring (bicyclic) bond motifs is 10. The van der Waals surface area contributed by atoms with E-state index >= 15 is 0 Å². The Morgan fingerprint density at radius 3 is 1.15 bits per heavy atom. The lowest BCUT2D eigenvalue weighted by Gasteiger charge is -2.27. The first-order valence-electron chi connectivity index (χ1n) is 8.23. The maximum atomic E-state index is 11.6. The Hall–Kier alpha value is -1.40. The van der Waals surface area contributed by atoms with Gasteiger partial charge in [0.05, 0.1) is 0 Å². The van der Waals surface area contributed by atoms with Gasteiger partial charge in [0.25, 0.3) is 0 Å². The maximum Gasteiger partial charge on any atom is 0.524 e. The summed E-state index contributed by atoms with van der Waals surface area (Å²) in [4.78, 5) is 37.7. The van der Waals surface area contributed by atoms with Crippen molar-refractivity contribution in [3.8, 4) is 11.5 Å². The van der Waals surface area contributed by atoms with Gasteiger partial charge in [-0.05, 0) is 12.8 Å². The molecular weight excluding hydrogens is 382 g/mol. The summed E-state index contributed by atoms with van der Waals surface area (Å²) in [7, 11) is -9.59. The van der Waals surface area contributed by atoms with Crippen LogP contribution in [0.15, 0.2) is 24.3 Å². The highest BCUT2D eigenvalue weighted by molar-refractivity contribution is 7.47. The molecule has 0 radical (unpaired) electrons. The lowest BCUT2D eigenvalue weighted by molar-refractivity contribution is 0.275. The lowest BCUT2D eigenvalue weighted by atomic mass is 9.85. The van der Waals surface area contributed by atoms with Crippen LogP contribution in [0.3, 0.4) is 0 Å². The van der Waals surface area contributed by atoms with Crippen LogP contribution in [0.5, 0.6) is 11.5 Å². The summed E-state index contributed by atoms with van der Waals surface area (Å²) in [5.41, 5.74) is 2.35. The molecule has 0 unspecified atom stereocenters. The van der Waals surface area contributed by atoms with E-state index in [1.807, 2.05) is 24.3 Å². The van der Waals surface area contributed by atoms with Crippen molar-refractivity contribution in [1.29, 1.82) is 0 Å². The maximum absolute atomic E-state index is 11.6. The van der Waals surface area contributed by atoms with E-state index in [0.29, 0.717) is 35.1 Å². The molecule has 0 spiro atoms. The van der Waals surface area contributed by atoms with Crippen LogP contribution in [-0.2, 0) is 9.13 Å². The molecule has 138 valence electrons. The number of hydrogen-bond donors (Lipinski definition) is 4. The van der Waals surface area contributed by atoms with Gasteiger partial charge in [-0.1, -0.05) is 24.3 Å². The Morgan fingerprint density at radius 2 is 0.923 bits per heavy atom. The Kier molecular flexibility index (Phi) is 3.29. The molecule has 0 fully saturated rings. The summed E-state index contributed by atoms with van der Waals surface area (Å²) in [6.45, 7) is 0. The molecule has 5 rings (SSSR count). The predicted octanol–water partition coefficient (Wildman–Crippen LogP) is 2.91. The van der Waals surface area contributed by atoms with E-state index in [2.05, 4.69) is 0 Å². The number of benzene rings is 1. The number of rotatable bonds is 4. The second-order valence-corrected chi connectivity index (χ2v) is 9.47.